The fourth-order valence-corrected chi connectivity index (χ4v) is 3.08. The summed E-state index contributed by atoms with van der Waals surface area (Å²) in [7, 11) is 0. The van der Waals surface area contributed by atoms with Gasteiger partial charge in [0.1, 0.15) is 11.6 Å². The summed E-state index contributed by atoms with van der Waals surface area (Å²) in [4.78, 5) is 16.8. The maximum Gasteiger partial charge on any atom is 0.227 e. The summed E-state index contributed by atoms with van der Waals surface area (Å²) in [6.07, 6.45) is 2.45. The van der Waals surface area contributed by atoms with Gasteiger partial charge in [-0.1, -0.05) is 36.3 Å². The zero-order valence-electron chi connectivity index (χ0n) is 16.2. The number of aromatic nitrogens is 2. The van der Waals surface area contributed by atoms with Gasteiger partial charge in [0.25, 0.3) is 0 Å². The van der Waals surface area contributed by atoms with E-state index in [1.807, 2.05) is 6.92 Å². The molecule has 1 atom stereocenters. The van der Waals surface area contributed by atoms with E-state index in [0.717, 1.165) is 12.8 Å². The zero-order valence-corrected chi connectivity index (χ0v) is 16.2. The molecule has 1 N–H and O–H groups in total. The summed E-state index contributed by atoms with van der Waals surface area (Å²) >= 11 is 0. The van der Waals surface area contributed by atoms with Crippen molar-refractivity contribution >= 4 is 5.91 Å². The molecule has 0 saturated heterocycles. The van der Waals surface area contributed by atoms with Gasteiger partial charge in [-0.15, -0.1) is 0 Å². The minimum atomic E-state index is -0.488. The van der Waals surface area contributed by atoms with Crippen LogP contribution in [-0.2, 0) is 24.1 Å². The van der Waals surface area contributed by atoms with Crippen molar-refractivity contribution < 1.29 is 18.1 Å². The first-order valence-corrected chi connectivity index (χ1v) is 9.64. The van der Waals surface area contributed by atoms with E-state index in [1.54, 1.807) is 24.3 Å². The highest BCUT2D eigenvalue weighted by atomic mass is 19.1. The third kappa shape index (κ3) is 6.20. The maximum absolute atomic E-state index is 13.7. The van der Waals surface area contributed by atoms with Gasteiger partial charge in [0.15, 0.2) is 5.82 Å². The Labute approximate surface area is 168 Å². The topological polar surface area (TPSA) is 68.0 Å². The van der Waals surface area contributed by atoms with Gasteiger partial charge in [0, 0.05) is 19.3 Å². The SMILES string of the molecule is CCCc1noc(CCC(=O)NC(Cc2cccc(F)c2)c2cccc(F)c2)n1. The van der Waals surface area contributed by atoms with Crippen LogP contribution in [0.5, 0.6) is 0 Å². The molecule has 0 fully saturated rings. The van der Waals surface area contributed by atoms with Crippen molar-refractivity contribution in [1.82, 2.24) is 15.5 Å². The molecule has 0 aliphatic carbocycles. The molecule has 1 heterocycles. The second-order valence-electron chi connectivity index (χ2n) is 6.86. The normalized spacial score (nSPS) is 12.0. The fraction of sp³-hybridized carbons (Fsp3) is 0.318. The molecule has 0 aliphatic heterocycles. The number of rotatable bonds is 9. The van der Waals surface area contributed by atoms with Crippen LogP contribution in [0.1, 0.15) is 48.6 Å². The van der Waals surface area contributed by atoms with E-state index >= 15 is 0 Å². The van der Waals surface area contributed by atoms with Gasteiger partial charge in [0.05, 0.1) is 6.04 Å². The summed E-state index contributed by atoms with van der Waals surface area (Å²) in [5.41, 5.74) is 1.33. The Balaban J connectivity index is 1.67. The van der Waals surface area contributed by atoms with Crippen LogP contribution in [0, 0.1) is 11.6 Å². The second-order valence-corrected chi connectivity index (χ2v) is 6.86. The van der Waals surface area contributed by atoms with Crippen LogP contribution in [0.15, 0.2) is 53.1 Å². The molecule has 29 heavy (non-hydrogen) atoms. The molecule has 0 bridgehead atoms. The number of carbonyl (C=O) groups is 1. The second kappa shape index (κ2) is 9.91. The number of nitrogens with zero attached hydrogens (tertiary/aromatic N) is 2. The van der Waals surface area contributed by atoms with Gasteiger partial charge in [0.2, 0.25) is 11.8 Å². The van der Waals surface area contributed by atoms with E-state index < -0.39 is 11.9 Å². The van der Waals surface area contributed by atoms with Crippen molar-refractivity contribution in [2.75, 3.05) is 0 Å². The van der Waals surface area contributed by atoms with Crippen LogP contribution in [0.2, 0.25) is 0 Å². The Kier molecular flexibility index (Phi) is 7.05. The number of amides is 1. The van der Waals surface area contributed by atoms with Gasteiger partial charge in [-0.2, -0.15) is 4.98 Å². The predicted octanol–water partition coefficient (Wildman–Crippen LogP) is 4.33. The quantitative estimate of drug-likeness (QED) is 0.581. The minimum Gasteiger partial charge on any atom is -0.349 e. The first kappa shape index (κ1) is 20.6. The molecule has 0 saturated carbocycles. The van der Waals surface area contributed by atoms with Crippen LogP contribution < -0.4 is 5.32 Å². The number of hydrogen-bond acceptors (Lipinski definition) is 4. The van der Waals surface area contributed by atoms with E-state index in [2.05, 4.69) is 15.5 Å². The number of halogens is 2. The maximum atomic E-state index is 13.7. The van der Waals surface area contributed by atoms with Crippen LogP contribution >= 0.6 is 0 Å². The summed E-state index contributed by atoms with van der Waals surface area (Å²) in [5.74, 6) is 0.0648. The summed E-state index contributed by atoms with van der Waals surface area (Å²) in [6, 6.07) is 11.7. The lowest BCUT2D eigenvalue weighted by molar-refractivity contribution is -0.121. The minimum absolute atomic E-state index is 0.155. The van der Waals surface area contributed by atoms with Crippen LogP contribution in [-0.4, -0.2) is 16.0 Å². The van der Waals surface area contributed by atoms with Gasteiger partial charge < -0.3 is 9.84 Å². The lowest BCUT2D eigenvalue weighted by Crippen LogP contribution is -2.30. The van der Waals surface area contributed by atoms with E-state index in [0.29, 0.717) is 35.7 Å². The molecule has 0 aliphatic rings. The summed E-state index contributed by atoms with van der Waals surface area (Å²) < 4.78 is 32.4. The van der Waals surface area contributed by atoms with Gasteiger partial charge in [-0.05, 0) is 48.2 Å². The largest absolute Gasteiger partial charge is 0.349 e. The molecular weight excluding hydrogens is 376 g/mol. The third-order valence-electron chi connectivity index (χ3n) is 4.46. The molecule has 1 aromatic heterocycles. The average Bonchev–Trinajstić information content (AvgIpc) is 3.14. The van der Waals surface area contributed by atoms with Crippen molar-refractivity contribution in [2.24, 2.45) is 0 Å². The van der Waals surface area contributed by atoms with Gasteiger partial charge >= 0.3 is 0 Å². The smallest absolute Gasteiger partial charge is 0.227 e. The highest BCUT2D eigenvalue weighted by Gasteiger charge is 2.17. The molecule has 0 spiro atoms. The van der Waals surface area contributed by atoms with Crippen molar-refractivity contribution in [3.63, 3.8) is 0 Å². The first-order chi connectivity index (χ1) is 14.0. The number of carbonyl (C=O) groups excluding carboxylic acids is 1. The Morgan fingerprint density at radius 3 is 2.59 bits per heavy atom. The molecule has 0 radical (unpaired) electrons. The predicted molar refractivity (Wildman–Crippen MR) is 104 cm³/mol. The molecule has 3 aromatic rings. The molecule has 2 aromatic carbocycles. The van der Waals surface area contributed by atoms with Crippen LogP contribution in [0.3, 0.4) is 0 Å². The highest BCUT2D eigenvalue weighted by molar-refractivity contribution is 5.76. The molecular formula is C22H23F2N3O2. The molecule has 152 valence electrons. The number of aryl methyl sites for hydroxylation is 2. The van der Waals surface area contributed by atoms with E-state index in [9.17, 15) is 13.6 Å². The monoisotopic (exact) mass is 399 g/mol. The Hall–Kier alpha value is -3.09. The summed E-state index contributed by atoms with van der Waals surface area (Å²) in [5, 5.41) is 6.78. The average molecular weight is 399 g/mol. The number of hydrogen-bond donors (Lipinski definition) is 1. The standard InChI is InChI=1S/C22H23F2N3O2/c1-2-5-20-26-22(29-27-20)11-10-21(28)25-19(16-7-4-9-18(24)14-16)13-15-6-3-8-17(23)12-15/h3-4,6-9,12,14,19H,2,5,10-11,13H2,1H3,(H,25,28). The van der Waals surface area contributed by atoms with Crippen molar-refractivity contribution in [1.29, 1.82) is 0 Å². The van der Waals surface area contributed by atoms with Crippen molar-refractivity contribution in [3.05, 3.63) is 83.0 Å². The first-order valence-electron chi connectivity index (χ1n) is 9.64. The van der Waals surface area contributed by atoms with Crippen molar-refractivity contribution in [2.45, 2.75) is 45.1 Å². The van der Waals surface area contributed by atoms with E-state index in [-0.39, 0.29) is 18.1 Å². The van der Waals surface area contributed by atoms with E-state index in [4.69, 9.17) is 4.52 Å². The van der Waals surface area contributed by atoms with Gasteiger partial charge in [-0.25, -0.2) is 8.78 Å². The summed E-state index contributed by atoms with van der Waals surface area (Å²) in [6.45, 7) is 2.02. The molecule has 1 unspecified atom stereocenters. The van der Waals surface area contributed by atoms with Crippen LogP contribution in [0.25, 0.3) is 0 Å². The lowest BCUT2D eigenvalue weighted by Gasteiger charge is -2.19. The Morgan fingerprint density at radius 1 is 1.10 bits per heavy atom. The van der Waals surface area contributed by atoms with Crippen molar-refractivity contribution in [3.8, 4) is 0 Å². The lowest BCUT2D eigenvalue weighted by atomic mass is 9.98. The Morgan fingerprint density at radius 2 is 1.86 bits per heavy atom. The molecule has 3 rings (SSSR count). The highest BCUT2D eigenvalue weighted by Crippen LogP contribution is 2.20. The molecule has 5 nitrogen and oxygen atoms in total. The third-order valence-corrected chi connectivity index (χ3v) is 4.46. The number of nitrogens with one attached hydrogen (secondary N) is 1. The molecule has 7 heteroatoms. The Bertz CT molecular complexity index is 958. The van der Waals surface area contributed by atoms with Crippen LogP contribution in [0.4, 0.5) is 8.78 Å². The fourth-order valence-electron chi connectivity index (χ4n) is 3.08. The van der Waals surface area contributed by atoms with E-state index in [1.165, 1.54) is 24.3 Å². The van der Waals surface area contributed by atoms with Gasteiger partial charge in [-0.3, -0.25) is 4.79 Å². The number of benzene rings is 2. The molecule has 1 amide bonds. The zero-order chi connectivity index (χ0) is 20.6.